The standard InChI is InChI=1S/C21H31N3O8/c1-8-11-16(25)22-19(28)23(31-14(9-2)17(26)12(4)5)21(30)24(20(22)29)32-15(10-3)18(27)13(6)7/h14-16,25H,4,6,8-11H2,1-3,5,7H3. The van der Waals surface area contributed by atoms with Crippen LogP contribution in [0.2, 0.25) is 0 Å². The minimum Gasteiger partial charge on any atom is -0.393 e. The van der Waals surface area contributed by atoms with E-state index in [1.54, 1.807) is 20.8 Å². The molecule has 3 unspecified atom stereocenters. The zero-order valence-corrected chi connectivity index (χ0v) is 19.1. The van der Waals surface area contributed by atoms with Gasteiger partial charge >= 0.3 is 17.1 Å². The number of carbonyl (C=O) groups is 2. The van der Waals surface area contributed by atoms with Crippen molar-refractivity contribution in [1.29, 1.82) is 0 Å². The van der Waals surface area contributed by atoms with Gasteiger partial charge in [0.2, 0.25) is 11.6 Å². The number of hydrogen-bond acceptors (Lipinski definition) is 8. The van der Waals surface area contributed by atoms with E-state index in [9.17, 15) is 29.1 Å². The molecule has 0 fully saturated rings. The number of ketones is 2. The number of Topliss-reactive ketones (excluding diaryl/α,β-unsaturated/α-hetero) is 2. The van der Waals surface area contributed by atoms with Crippen molar-refractivity contribution >= 4 is 11.6 Å². The van der Waals surface area contributed by atoms with Crippen LogP contribution >= 0.6 is 0 Å². The maximum atomic E-state index is 12.9. The first-order valence-electron chi connectivity index (χ1n) is 10.3. The van der Waals surface area contributed by atoms with Crippen molar-refractivity contribution in [2.75, 3.05) is 0 Å². The summed E-state index contributed by atoms with van der Waals surface area (Å²) in [4.78, 5) is 74.0. The Balaban J connectivity index is 3.78. The molecular formula is C21H31N3O8. The Morgan fingerprint density at radius 1 is 0.844 bits per heavy atom. The second kappa shape index (κ2) is 11.4. The van der Waals surface area contributed by atoms with Crippen LogP contribution in [0, 0.1) is 0 Å². The molecule has 1 heterocycles. The second-order valence-corrected chi connectivity index (χ2v) is 7.37. The lowest BCUT2D eigenvalue weighted by atomic mass is 10.1. The highest BCUT2D eigenvalue weighted by molar-refractivity contribution is 5.98. The smallest absolute Gasteiger partial charge is 0.393 e. The van der Waals surface area contributed by atoms with Crippen LogP contribution in [0.4, 0.5) is 0 Å². The predicted octanol–water partition coefficient (Wildman–Crippen LogP) is 0.168. The van der Waals surface area contributed by atoms with E-state index in [1.165, 1.54) is 13.8 Å². The fourth-order valence-corrected chi connectivity index (χ4v) is 2.77. The Bertz CT molecular complexity index is 988. The topological polar surface area (TPSA) is 139 Å². The fraction of sp³-hybridized carbons (Fsp3) is 0.571. The third kappa shape index (κ3) is 5.72. The predicted molar refractivity (Wildman–Crippen MR) is 116 cm³/mol. The van der Waals surface area contributed by atoms with Gasteiger partial charge in [0.05, 0.1) is 0 Å². The Morgan fingerprint density at radius 2 is 1.22 bits per heavy atom. The summed E-state index contributed by atoms with van der Waals surface area (Å²) >= 11 is 0. The molecule has 0 saturated carbocycles. The summed E-state index contributed by atoms with van der Waals surface area (Å²) < 4.78 is 0.724. The Labute approximate surface area is 185 Å². The minimum absolute atomic E-state index is 0.0111. The van der Waals surface area contributed by atoms with Gasteiger partial charge in [-0.3, -0.25) is 9.59 Å². The van der Waals surface area contributed by atoms with Gasteiger partial charge in [0.15, 0.2) is 12.2 Å². The highest BCUT2D eigenvalue weighted by atomic mass is 16.7. The molecule has 1 aromatic rings. The summed E-state index contributed by atoms with van der Waals surface area (Å²) in [6.07, 6.45) is -3.51. The summed E-state index contributed by atoms with van der Waals surface area (Å²) in [5.41, 5.74) is -3.65. The summed E-state index contributed by atoms with van der Waals surface area (Å²) in [6.45, 7) is 14.8. The molecule has 0 spiro atoms. The van der Waals surface area contributed by atoms with Crippen molar-refractivity contribution in [2.45, 2.75) is 78.7 Å². The highest BCUT2D eigenvalue weighted by Gasteiger charge is 2.29. The normalized spacial score (nSPS) is 13.7. The second-order valence-electron chi connectivity index (χ2n) is 7.37. The summed E-state index contributed by atoms with van der Waals surface area (Å²) in [7, 11) is 0. The zero-order chi connectivity index (χ0) is 24.7. The van der Waals surface area contributed by atoms with Gasteiger partial charge in [0.1, 0.15) is 6.23 Å². The Kier molecular flexibility index (Phi) is 9.57. The molecule has 3 atom stereocenters. The van der Waals surface area contributed by atoms with Crippen LogP contribution < -0.4 is 26.7 Å². The molecule has 178 valence electrons. The SMILES string of the molecule is C=C(C)C(=O)C(CC)On1c(=O)n(OC(CC)C(=O)C(=C)C)c(=O)n(C(O)CCC)c1=O. The third-order valence-electron chi connectivity index (χ3n) is 4.59. The van der Waals surface area contributed by atoms with Crippen molar-refractivity contribution in [3.8, 4) is 0 Å². The molecule has 11 heteroatoms. The molecule has 0 aromatic carbocycles. The van der Waals surface area contributed by atoms with Gasteiger partial charge in [-0.2, -0.15) is 0 Å². The van der Waals surface area contributed by atoms with E-state index in [-0.39, 0.29) is 39.9 Å². The average Bonchev–Trinajstić information content (AvgIpc) is 2.73. The number of aliphatic hydroxyl groups is 1. The Morgan fingerprint density at radius 3 is 1.50 bits per heavy atom. The number of aromatic nitrogens is 3. The molecule has 32 heavy (non-hydrogen) atoms. The van der Waals surface area contributed by atoms with E-state index in [0.717, 1.165) is 0 Å². The number of hydrogen-bond donors (Lipinski definition) is 1. The van der Waals surface area contributed by atoms with Crippen molar-refractivity contribution in [2.24, 2.45) is 0 Å². The number of aliphatic hydroxyl groups excluding tert-OH is 1. The van der Waals surface area contributed by atoms with E-state index in [2.05, 4.69) is 13.2 Å². The molecule has 1 aromatic heterocycles. The largest absolute Gasteiger partial charge is 0.403 e. The zero-order valence-electron chi connectivity index (χ0n) is 19.1. The van der Waals surface area contributed by atoms with Crippen LogP contribution in [0.1, 0.15) is 66.5 Å². The van der Waals surface area contributed by atoms with E-state index in [0.29, 0.717) is 11.0 Å². The van der Waals surface area contributed by atoms with Crippen LogP contribution in [-0.2, 0) is 9.59 Å². The van der Waals surface area contributed by atoms with Gasteiger partial charge in [0.25, 0.3) is 0 Å². The molecule has 0 amide bonds. The summed E-state index contributed by atoms with van der Waals surface area (Å²) in [5, 5.41) is 10.4. The molecule has 0 aliphatic carbocycles. The highest BCUT2D eigenvalue weighted by Crippen LogP contribution is 2.06. The molecule has 11 nitrogen and oxygen atoms in total. The van der Waals surface area contributed by atoms with Gasteiger partial charge in [-0.15, -0.1) is 0 Å². The summed E-state index contributed by atoms with van der Waals surface area (Å²) in [6, 6.07) is 0. The lowest BCUT2D eigenvalue weighted by Gasteiger charge is -2.22. The van der Waals surface area contributed by atoms with Gasteiger partial charge < -0.3 is 14.8 Å². The molecular weight excluding hydrogens is 422 g/mol. The molecule has 1 rings (SSSR count). The van der Waals surface area contributed by atoms with Crippen molar-refractivity contribution in [3.05, 3.63) is 55.8 Å². The maximum absolute atomic E-state index is 12.9. The number of carbonyl (C=O) groups excluding carboxylic acids is 2. The van der Waals surface area contributed by atoms with Crippen molar-refractivity contribution in [3.63, 3.8) is 0 Å². The van der Waals surface area contributed by atoms with Crippen LogP contribution in [0.25, 0.3) is 0 Å². The van der Waals surface area contributed by atoms with Gasteiger partial charge in [-0.25, -0.2) is 19.0 Å². The molecule has 0 saturated heterocycles. The van der Waals surface area contributed by atoms with E-state index in [1.807, 2.05) is 0 Å². The van der Waals surface area contributed by atoms with Crippen molar-refractivity contribution in [1.82, 2.24) is 14.0 Å². The number of nitrogens with zero attached hydrogens (tertiary/aromatic N) is 3. The van der Waals surface area contributed by atoms with Gasteiger partial charge in [0, 0.05) is 0 Å². The quantitative estimate of drug-likeness (QED) is 0.417. The first kappa shape index (κ1) is 26.8. The van der Waals surface area contributed by atoms with E-state index < -0.39 is 47.1 Å². The van der Waals surface area contributed by atoms with Crippen LogP contribution in [-0.4, -0.2) is 42.9 Å². The third-order valence-corrected chi connectivity index (χ3v) is 4.59. The summed E-state index contributed by atoms with van der Waals surface area (Å²) in [5.74, 6) is -1.11. The van der Waals surface area contributed by atoms with Gasteiger partial charge in [-0.05, 0) is 44.3 Å². The monoisotopic (exact) mass is 453 g/mol. The average molecular weight is 453 g/mol. The molecule has 0 aliphatic rings. The van der Waals surface area contributed by atoms with Crippen LogP contribution in [0.15, 0.2) is 38.7 Å². The maximum Gasteiger partial charge on any atom is 0.403 e. The lowest BCUT2D eigenvalue weighted by molar-refractivity contribution is -0.131. The molecule has 0 aliphatic heterocycles. The van der Waals surface area contributed by atoms with Crippen molar-refractivity contribution < 1.29 is 24.4 Å². The number of rotatable bonds is 13. The minimum atomic E-state index is -1.60. The molecule has 0 radical (unpaired) electrons. The molecule has 0 bridgehead atoms. The Hall–Kier alpha value is -3.21. The fourth-order valence-electron chi connectivity index (χ4n) is 2.77. The van der Waals surface area contributed by atoms with E-state index in [4.69, 9.17) is 9.68 Å². The molecule has 1 N–H and O–H groups in total. The van der Waals surface area contributed by atoms with Gasteiger partial charge in [-0.1, -0.05) is 49.8 Å². The first-order valence-corrected chi connectivity index (χ1v) is 10.3. The first-order chi connectivity index (χ1) is 14.9. The van der Waals surface area contributed by atoms with Crippen LogP contribution in [0.3, 0.4) is 0 Å². The van der Waals surface area contributed by atoms with E-state index >= 15 is 0 Å². The lowest BCUT2D eigenvalue weighted by Crippen LogP contribution is -2.61. The van der Waals surface area contributed by atoms with Crippen LogP contribution in [0.5, 0.6) is 0 Å².